The fourth-order valence-corrected chi connectivity index (χ4v) is 11.0. The molecule has 0 aliphatic carbocycles. The van der Waals surface area contributed by atoms with Crippen molar-refractivity contribution in [3.63, 3.8) is 0 Å². The Bertz CT molecular complexity index is 1380. The second-order valence-corrected chi connectivity index (χ2v) is 15.7. The monoisotopic (exact) mass is 516 g/mol. The molecule has 35 heavy (non-hydrogen) atoms. The fourth-order valence-electron chi connectivity index (χ4n) is 4.38. The van der Waals surface area contributed by atoms with E-state index in [-0.39, 0.29) is 0 Å². The van der Waals surface area contributed by atoms with Crippen LogP contribution in [0.25, 0.3) is 0 Å². The van der Waals surface area contributed by atoms with Gasteiger partial charge in [0, 0.05) is 28.2 Å². The molecule has 0 N–H and O–H groups in total. The van der Waals surface area contributed by atoms with Gasteiger partial charge in [0.2, 0.25) is 0 Å². The summed E-state index contributed by atoms with van der Waals surface area (Å²) < 4.78 is 22.1. The van der Waals surface area contributed by atoms with E-state index in [2.05, 4.69) is 0 Å². The molecule has 1 unspecified atom stereocenters. The molecule has 0 saturated carbocycles. The SMILES string of the molecule is COc1ccc(P2(=S)CC(CP(=O)(c3ccccc3)c3ccccc3)=NN2c2ccccc2)cc1. The van der Waals surface area contributed by atoms with Gasteiger partial charge < -0.3 is 9.30 Å². The summed E-state index contributed by atoms with van der Waals surface area (Å²) in [5, 5.41) is 7.79. The highest BCUT2D eigenvalue weighted by atomic mass is 32.4. The Hall–Kier alpha value is -2.97. The van der Waals surface area contributed by atoms with Gasteiger partial charge in [-0.05, 0) is 36.4 Å². The second-order valence-electron chi connectivity index (χ2n) is 8.42. The van der Waals surface area contributed by atoms with Gasteiger partial charge in [0.05, 0.1) is 24.7 Å². The van der Waals surface area contributed by atoms with E-state index in [1.807, 2.05) is 120 Å². The second kappa shape index (κ2) is 9.95. The number of methoxy groups -OCH3 is 1. The number of hydrogen-bond acceptors (Lipinski definition) is 4. The smallest absolute Gasteiger partial charge is 0.148 e. The highest BCUT2D eigenvalue weighted by molar-refractivity contribution is 8.19. The first-order valence-electron chi connectivity index (χ1n) is 11.4. The number of ether oxygens (including phenoxy) is 1. The lowest BCUT2D eigenvalue weighted by Crippen LogP contribution is -2.23. The first kappa shape index (κ1) is 23.8. The molecular weight excluding hydrogens is 490 g/mol. The van der Waals surface area contributed by atoms with Crippen LogP contribution >= 0.6 is 13.3 Å². The maximum atomic E-state index is 14.7. The summed E-state index contributed by atoms with van der Waals surface area (Å²) in [6, 6.07) is 37.5. The molecule has 1 heterocycles. The van der Waals surface area contributed by atoms with Crippen molar-refractivity contribution in [1.82, 2.24) is 0 Å². The van der Waals surface area contributed by atoms with Crippen molar-refractivity contribution in [2.75, 3.05) is 24.2 Å². The van der Waals surface area contributed by atoms with Crippen LogP contribution in [0, 0.1) is 0 Å². The lowest BCUT2D eigenvalue weighted by atomic mass is 10.3. The summed E-state index contributed by atoms with van der Waals surface area (Å²) in [5.41, 5.74) is 1.83. The minimum atomic E-state index is -2.96. The Labute approximate surface area is 211 Å². The molecule has 0 aromatic heterocycles. The van der Waals surface area contributed by atoms with Crippen LogP contribution in [-0.2, 0) is 16.4 Å². The number of benzene rings is 4. The summed E-state index contributed by atoms with van der Waals surface area (Å²) in [4.78, 5) is 0. The minimum absolute atomic E-state index is 0.360. The Morgan fingerprint density at radius 1 is 0.829 bits per heavy atom. The summed E-state index contributed by atoms with van der Waals surface area (Å²) in [6.07, 6.45) is -1.36. The van der Waals surface area contributed by atoms with Crippen LogP contribution in [0.1, 0.15) is 0 Å². The van der Waals surface area contributed by atoms with E-state index in [9.17, 15) is 4.57 Å². The molecule has 1 aliphatic heterocycles. The van der Waals surface area contributed by atoms with Gasteiger partial charge >= 0.3 is 0 Å². The van der Waals surface area contributed by atoms with Crippen molar-refractivity contribution in [3.8, 4) is 5.75 Å². The number of nitrogens with zero attached hydrogens (tertiary/aromatic N) is 2. The van der Waals surface area contributed by atoms with Gasteiger partial charge in [0.25, 0.3) is 0 Å². The van der Waals surface area contributed by atoms with Gasteiger partial charge in [-0.3, -0.25) is 0 Å². The van der Waals surface area contributed by atoms with Crippen LogP contribution in [0.4, 0.5) is 5.69 Å². The Balaban J connectivity index is 1.58. The number of rotatable bonds is 7. The zero-order valence-electron chi connectivity index (χ0n) is 19.4. The predicted octanol–water partition coefficient (Wildman–Crippen LogP) is 5.61. The van der Waals surface area contributed by atoms with Gasteiger partial charge in [-0.25, -0.2) is 4.78 Å². The Kier molecular flexibility index (Phi) is 6.75. The van der Waals surface area contributed by atoms with E-state index < -0.39 is 13.3 Å². The zero-order valence-corrected chi connectivity index (χ0v) is 22.0. The minimum Gasteiger partial charge on any atom is -0.497 e. The lowest BCUT2D eigenvalue weighted by molar-refractivity contribution is 0.415. The third-order valence-electron chi connectivity index (χ3n) is 6.15. The van der Waals surface area contributed by atoms with Gasteiger partial charge in [0.15, 0.2) is 0 Å². The van der Waals surface area contributed by atoms with E-state index in [1.165, 1.54) is 0 Å². The van der Waals surface area contributed by atoms with Crippen LogP contribution in [0.5, 0.6) is 5.75 Å². The maximum Gasteiger partial charge on any atom is 0.148 e. The van der Waals surface area contributed by atoms with Crippen molar-refractivity contribution in [1.29, 1.82) is 0 Å². The number of hydrazone groups is 1. The predicted molar refractivity (Wildman–Crippen MR) is 153 cm³/mol. The molecule has 5 rings (SSSR count). The quantitative estimate of drug-likeness (QED) is 0.300. The van der Waals surface area contributed by atoms with Crippen molar-refractivity contribution >= 4 is 52.4 Å². The van der Waals surface area contributed by atoms with Gasteiger partial charge in [-0.1, -0.05) is 90.7 Å². The molecular formula is C28H26N2O2P2S. The average molecular weight is 517 g/mol. The zero-order chi connectivity index (χ0) is 24.3. The maximum absolute atomic E-state index is 14.7. The van der Waals surface area contributed by atoms with E-state index >= 15 is 0 Å². The summed E-state index contributed by atoms with van der Waals surface area (Å²) in [5.74, 6) is 0.791. The van der Waals surface area contributed by atoms with Gasteiger partial charge in [-0.2, -0.15) is 5.10 Å². The Morgan fingerprint density at radius 3 is 1.86 bits per heavy atom. The van der Waals surface area contributed by atoms with Crippen molar-refractivity contribution in [3.05, 3.63) is 115 Å². The van der Waals surface area contributed by atoms with E-state index in [0.717, 1.165) is 33.1 Å². The highest BCUT2D eigenvalue weighted by Crippen LogP contribution is 2.57. The first-order valence-corrected chi connectivity index (χ1v) is 16.2. The van der Waals surface area contributed by atoms with E-state index in [4.69, 9.17) is 21.6 Å². The molecule has 7 heteroatoms. The first-order chi connectivity index (χ1) is 17.0. The number of hydrogen-bond donors (Lipinski definition) is 0. The van der Waals surface area contributed by atoms with Crippen molar-refractivity contribution in [2.24, 2.45) is 5.10 Å². The number of para-hydroxylation sites is 1. The molecule has 0 spiro atoms. The van der Waals surface area contributed by atoms with E-state index in [1.54, 1.807) is 7.11 Å². The third kappa shape index (κ3) is 4.65. The molecule has 1 aliphatic rings. The highest BCUT2D eigenvalue weighted by Gasteiger charge is 2.39. The average Bonchev–Trinajstić information content (AvgIpc) is 3.26. The van der Waals surface area contributed by atoms with Crippen LogP contribution in [-0.4, -0.2) is 25.1 Å². The van der Waals surface area contributed by atoms with Crippen LogP contribution in [0.15, 0.2) is 120 Å². The standard InChI is InChI=1S/C28H26N2O2P2S/c1-32-25-17-19-28(20-18-25)34(35)22-23(29-30(34)24-11-5-2-6-12-24)21-33(31,26-13-7-3-8-14-26)27-15-9-4-10-16-27/h2-20H,21-22H2,1H3. The van der Waals surface area contributed by atoms with Crippen LogP contribution in [0.3, 0.4) is 0 Å². The normalized spacial score (nSPS) is 17.7. The Morgan fingerprint density at radius 2 is 1.34 bits per heavy atom. The molecule has 4 aromatic carbocycles. The molecule has 0 radical (unpaired) electrons. The van der Waals surface area contributed by atoms with Gasteiger partial charge in [0.1, 0.15) is 12.9 Å². The third-order valence-corrected chi connectivity index (χ3v) is 13.5. The topological polar surface area (TPSA) is 41.9 Å². The number of anilines is 1. The fraction of sp³-hybridized carbons (Fsp3) is 0.107. The molecule has 0 saturated heterocycles. The molecule has 176 valence electrons. The van der Waals surface area contributed by atoms with Crippen LogP contribution in [0.2, 0.25) is 0 Å². The van der Waals surface area contributed by atoms with Crippen molar-refractivity contribution < 1.29 is 9.30 Å². The summed E-state index contributed by atoms with van der Waals surface area (Å²) >= 11 is 6.41. The van der Waals surface area contributed by atoms with Gasteiger partial charge in [-0.15, -0.1) is 0 Å². The molecule has 4 aromatic rings. The molecule has 0 bridgehead atoms. The molecule has 4 nitrogen and oxygen atoms in total. The van der Waals surface area contributed by atoms with E-state index in [0.29, 0.717) is 12.3 Å². The molecule has 0 fully saturated rings. The largest absolute Gasteiger partial charge is 0.497 e. The summed E-state index contributed by atoms with van der Waals surface area (Å²) in [7, 11) is -1.30. The summed E-state index contributed by atoms with van der Waals surface area (Å²) in [6.45, 7) is 0. The van der Waals surface area contributed by atoms with Crippen LogP contribution < -0.4 is 25.4 Å². The lowest BCUT2D eigenvalue weighted by Gasteiger charge is -2.28. The molecule has 0 amide bonds. The molecule has 1 atom stereocenters. The van der Waals surface area contributed by atoms with Crippen molar-refractivity contribution in [2.45, 2.75) is 0 Å².